The van der Waals surface area contributed by atoms with E-state index in [2.05, 4.69) is 24.4 Å². The van der Waals surface area contributed by atoms with Gasteiger partial charge in [0, 0.05) is 6.04 Å². The maximum absolute atomic E-state index is 13.0. The van der Waals surface area contributed by atoms with E-state index in [0.29, 0.717) is 0 Å². The number of methoxy groups -OCH3 is 1. The molecule has 1 atom stereocenters. The van der Waals surface area contributed by atoms with Crippen molar-refractivity contribution in [3.63, 3.8) is 0 Å². The average Bonchev–Trinajstić information content (AvgIpc) is 2.49. The van der Waals surface area contributed by atoms with Crippen LogP contribution in [0.2, 0.25) is 0 Å². The number of ether oxygens (including phenoxy) is 1. The minimum absolute atomic E-state index is 0.194. The number of halogens is 1. The first-order chi connectivity index (χ1) is 10.1. The van der Waals surface area contributed by atoms with Gasteiger partial charge in [-0.3, -0.25) is 0 Å². The standard InChI is InChI=1S/C18H22FNO/c1-13-4-9-18(21-3)15(10-13)12-17(20-2)11-14-5-7-16(19)8-6-14/h4-10,17,20H,11-12H2,1-3H3. The Morgan fingerprint density at radius 1 is 1.10 bits per heavy atom. The Kier molecular flexibility index (Phi) is 5.34. The van der Waals surface area contributed by atoms with E-state index in [1.54, 1.807) is 7.11 Å². The minimum atomic E-state index is -0.194. The Labute approximate surface area is 126 Å². The monoisotopic (exact) mass is 287 g/mol. The van der Waals surface area contributed by atoms with Crippen molar-refractivity contribution in [2.24, 2.45) is 0 Å². The summed E-state index contributed by atoms with van der Waals surface area (Å²) >= 11 is 0. The third-order valence-electron chi connectivity index (χ3n) is 3.71. The van der Waals surface area contributed by atoms with Crippen LogP contribution >= 0.6 is 0 Å². The number of likely N-dealkylation sites (N-methyl/N-ethyl adjacent to an activating group) is 1. The van der Waals surface area contributed by atoms with Crippen LogP contribution in [0.25, 0.3) is 0 Å². The van der Waals surface area contributed by atoms with E-state index in [0.717, 1.165) is 24.2 Å². The van der Waals surface area contributed by atoms with Crippen molar-refractivity contribution in [2.45, 2.75) is 25.8 Å². The van der Waals surface area contributed by atoms with E-state index in [-0.39, 0.29) is 11.9 Å². The SMILES string of the molecule is CNC(Cc1ccc(F)cc1)Cc1cc(C)ccc1OC. The molecule has 2 aromatic carbocycles. The summed E-state index contributed by atoms with van der Waals surface area (Å²) in [5.41, 5.74) is 3.55. The van der Waals surface area contributed by atoms with Crippen LogP contribution in [0, 0.1) is 12.7 Å². The Bertz CT molecular complexity index is 580. The molecule has 0 aliphatic carbocycles. The first-order valence-corrected chi connectivity index (χ1v) is 7.17. The maximum Gasteiger partial charge on any atom is 0.123 e. The van der Waals surface area contributed by atoms with Gasteiger partial charge in [0.2, 0.25) is 0 Å². The topological polar surface area (TPSA) is 21.3 Å². The predicted molar refractivity (Wildman–Crippen MR) is 84.4 cm³/mol. The van der Waals surface area contributed by atoms with Crippen LogP contribution < -0.4 is 10.1 Å². The van der Waals surface area contributed by atoms with Gasteiger partial charge < -0.3 is 10.1 Å². The first kappa shape index (κ1) is 15.5. The lowest BCUT2D eigenvalue weighted by molar-refractivity contribution is 0.405. The van der Waals surface area contributed by atoms with Crippen molar-refractivity contribution in [2.75, 3.05) is 14.2 Å². The van der Waals surface area contributed by atoms with E-state index in [1.165, 1.54) is 23.3 Å². The Morgan fingerprint density at radius 3 is 2.43 bits per heavy atom. The van der Waals surface area contributed by atoms with E-state index in [4.69, 9.17) is 4.74 Å². The predicted octanol–water partition coefficient (Wildman–Crippen LogP) is 3.52. The molecule has 2 nitrogen and oxygen atoms in total. The molecule has 2 rings (SSSR count). The zero-order valence-electron chi connectivity index (χ0n) is 12.8. The highest BCUT2D eigenvalue weighted by atomic mass is 19.1. The van der Waals surface area contributed by atoms with Crippen LogP contribution in [0.5, 0.6) is 5.75 Å². The second-order valence-electron chi connectivity index (χ2n) is 5.34. The fourth-order valence-electron chi connectivity index (χ4n) is 2.51. The average molecular weight is 287 g/mol. The van der Waals surface area contributed by atoms with Crippen molar-refractivity contribution in [1.29, 1.82) is 0 Å². The van der Waals surface area contributed by atoms with Gasteiger partial charge in [-0.05, 0) is 56.1 Å². The molecule has 3 heteroatoms. The summed E-state index contributed by atoms with van der Waals surface area (Å²) in [5, 5.41) is 3.34. The van der Waals surface area contributed by atoms with Gasteiger partial charge in [0.25, 0.3) is 0 Å². The van der Waals surface area contributed by atoms with Gasteiger partial charge in [0.15, 0.2) is 0 Å². The molecule has 0 heterocycles. The molecule has 0 fully saturated rings. The molecule has 0 saturated heterocycles. The molecular weight excluding hydrogens is 265 g/mol. The van der Waals surface area contributed by atoms with Gasteiger partial charge in [0.1, 0.15) is 11.6 Å². The molecule has 0 aliphatic heterocycles. The highest BCUT2D eigenvalue weighted by Gasteiger charge is 2.12. The number of nitrogens with one attached hydrogen (secondary N) is 1. The van der Waals surface area contributed by atoms with Gasteiger partial charge in [-0.25, -0.2) is 4.39 Å². The highest BCUT2D eigenvalue weighted by molar-refractivity contribution is 5.37. The molecule has 0 amide bonds. The molecule has 1 unspecified atom stereocenters. The Hall–Kier alpha value is -1.87. The van der Waals surface area contributed by atoms with Crippen LogP contribution in [0.15, 0.2) is 42.5 Å². The molecule has 0 aromatic heterocycles. The number of benzene rings is 2. The maximum atomic E-state index is 13.0. The highest BCUT2D eigenvalue weighted by Crippen LogP contribution is 2.22. The summed E-state index contributed by atoms with van der Waals surface area (Å²) in [6.07, 6.45) is 1.73. The normalized spacial score (nSPS) is 12.2. The summed E-state index contributed by atoms with van der Waals surface area (Å²) in [4.78, 5) is 0. The summed E-state index contributed by atoms with van der Waals surface area (Å²) in [6.45, 7) is 2.08. The van der Waals surface area contributed by atoms with Crippen molar-refractivity contribution in [1.82, 2.24) is 5.32 Å². The summed E-state index contributed by atoms with van der Waals surface area (Å²) < 4.78 is 18.4. The second kappa shape index (κ2) is 7.23. The molecule has 0 radical (unpaired) electrons. The first-order valence-electron chi connectivity index (χ1n) is 7.17. The smallest absolute Gasteiger partial charge is 0.123 e. The molecule has 21 heavy (non-hydrogen) atoms. The Morgan fingerprint density at radius 2 is 1.81 bits per heavy atom. The van der Waals surface area contributed by atoms with Crippen molar-refractivity contribution < 1.29 is 9.13 Å². The van der Waals surface area contributed by atoms with E-state index < -0.39 is 0 Å². The molecule has 1 N–H and O–H groups in total. The Balaban J connectivity index is 2.11. The molecule has 0 bridgehead atoms. The number of rotatable bonds is 6. The van der Waals surface area contributed by atoms with Crippen LogP contribution in [0.1, 0.15) is 16.7 Å². The van der Waals surface area contributed by atoms with Crippen LogP contribution in [0.3, 0.4) is 0 Å². The lowest BCUT2D eigenvalue weighted by Crippen LogP contribution is -2.30. The lowest BCUT2D eigenvalue weighted by atomic mass is 9.97. The number of hydrogen-bond donors (Lipinski definition) is 1. The molecule has 0 aliphatic rings. The van der Waals surface area contributed by atoms with Gasteiger partial charge in [-0.1, -0.05) is 29.8 Å². The molecule has 2 aromatic rings. The number of hydrogen-bond acceptors (Lipinski definition) is 2. The van der Waals surface area contributed by atoms with Crippen molar-refractivity contribution in [3.8, 4) is 5.75 Å². The third-order valence-corrected chi connectivity index (χ3v) is 3.71. The van der Waals surface area contributed by atoms with E-state index in [1.807, 2.05) is 25.2 Å². The molecule has 112 valence electrons. The summed E-state index contributed by atoms with van der Waals surface area (Å²) in [5.74, 6) is 0.722. The minimum Gasteiger partial charge on any atom is -0.496 e. The second-order valence-corrected chi connectivity index (χ2v) is 5.34. The van der Waals surface area contributed by atoms with Gasteiger partial charge in [-0.15, -0.1) is 0 Å². The van der Waals surface area contributed by atoms with Crippen molar-refractivity contribution in [3.05, 3.63) is 65.0 Å². The van der Waals surface area contributed by atoms with E-state index >= 15 is 0 Å². The number of aryl methyl sites for hydroxylation is 1. The molecule has 0 spiro atoms. The van der Waals surface area contributed by atoms with Gasteiger partial charge in [-0.2, -0.15) is 0 Å². The van der Waals surface area contributed by atoms with Crippen molar-refractivity contribution >= 4 is 0 Å². The van der Waals surface area contributed by atoms with Crippen LogP contribution in [-0.4, -0.2) is 20.2 Å². The summed E-state index contributed by atoms with van der Waals surface area (Å²) in [6, 6.07) is 13.2. The third kappa shape index (κ3) is 4.30. The molecular formula is C18H22FNO. The molecule has 0 saturated carbocycles. The van der Waals surface area contributed by atoms with Crippen LogP contribution in [0.4, 0.5) is 4.39 Å². The quantitative estimate of drug-likeness (QED) is 0.878. The van der Waals surface area contributed by atoms with Crippen LogP contribution in [-0.2, 0) is 12.8 Å². The van der Waals surface area contributed by atoms with E-state index in [9.17, 15) is 4.39 Å². The lowest BCUT2D eigenvalue weighted by Gasteiger charge is -2.18. The largest absolute Gasteiger partial charge is 0.496 e. The fraction of sp³-hybridized carbons (Fsp3) is 0.333. The van der Waals surface area contributed by atoms with Gasteiger partial charge >= 0.3 is 0 Å². The van der Waals surface area contributed by atoms with Gasteiger partial charge in [0.05, 0.1) is 7.11 Å². The zero-order chi connectivity index (χ0) is 15.2. The fourth-order valence-corrected chi connectivity index (χ4v) is 2.51. The zero-order valence-corrected chi connectivity index (χ0v) is 12.8. The summed E-state index contributed by atoms with van der Waals surface area (Å²) in [7, 11) is 3.65.